The van der Waals surface area contributed by atoms with Gasteiger partial charge in [-0.3, -0.25) is 14.2 Å². The maximum absolute atomic E-state index is 12.8. The third kappa shape index (κ3) is 4.47. The van der Waals surface area contributed by atoms with E-state index in [1.54, 1.807) is 0 Å². The topological polar surface area (TPSA) is 64.7 Å². The summed E-state index contributed by atoms with van der Waals surface area (Å²) in [6.07, 6.45) is -7.28. The Morgan fingerprint density at radius 3 is 2.36 bits per heavy atom. The lowest BCUT2D eigenvalue weighted by atomic mass is 10.2. The number of hydrogen-bond acceptors (Lipinski definition) is 3. The molecule has 0 saturated heterocycles. The maximum atomic E-state index is 12.8. The van der Waals surface area contributed by atoms with Gasteiger partial charge >= 0.3 is 12.4 Å². The van der Waals surface area contributed by atoms with Gasteiger partial charge in [0.2, 0.25) is 0 Å². The summed E-state index contributed by atoms with van der Waals surface area (Å²) in [6, 6.07) is 1.69. The molecule has 6 nitrogen and oxygen atoms in total. The number of alkyl halides is 6. The lowest BCUT2D eigenvalue weighted by Gasteiger charge is -2.07. The van der Waals surface area contributed by atoms with Crippen LogP contribution in [-0.4, -0.2) is 32.0 Å². The lowest BCUT2D eigenvalue weighted by molar-refractivity contribution is -0.143. The highest BCUT2D eigenvalue weighted by molar-refractivity contribution is 5.92. The van der Waals surface area contributed by atoms with E-state index in [0.29, 0.717) is 16.4 Å². The van der Waals surface area contributed by atoms with Crippen molar-refractivity contribution < 1.29 is 31.1 Å². The van der Waals surface area contributed by atoms with Crippen LogP contribution in [0.3, 0.4) is 0 Å². The smallest absolute Gasteiger partial charge is 0.351 e. The summed E-state index contributed by atoms with van der Waals surface area (Å²) < 4.78 is 78.6. The molecule has 0 aliphatic heterocycles. The van der Waals surface area contributed by atoms with Crippen LogP contribution in [0.25, 0.3) is 0 Å². The van der Waals surface area contributed by atoms with Crippen LogP contribution in [-0.2, 0) is 25.9 Å². The molecule has 0 radical (unpaired) electrons. The SMILES string of the molecule is Cn1nc(C(=O)NCCCn2nc(C(F)(F)F)cc2C2CC2)cc1C(F)(F)F. The number of nitrogens with zero attached hydrogens (tertiary/aromatic N) is 4. The summed E-state index contributed by atoms with van der Waals surface area (Å²) in [4.78, 5) is 11.9. The molecule has 1 amide bonds. The molecule has 2 heterocycles. The van der Waals surface area contributed by atoms with E-state index in [-0.39, 0.29) is 31.1 Å². The van der Waals surface area contributed by atoms with Crippen molar-refractivity contribution in [3.8, 4) is 0 Å². The first-order valence-corrected chi connectivity index (χ1v) is 8.51. The number of aromatic nitrogens is 4. The fourth-order valence-electron chi connectivity index (χ4n) is 2.82. The van der Waals surface area contributed by atoms with Crippen molar-refractivity contribution in [1.29, 1.82) is 0 Å². The monoisotopic (exact) mass is 409 g/mol. The highest BCUT2D eigenvalue weighted by atomic mass is 19.4. The van der Waals surface area contributed by atoms with Crippen molar-refractivity contribution >= 4 is 5.91 Å². The Kier molecular flexibility index (Phi) is 5.15. The van der Waals surface area contributed by atoms with Gasteiger partial charge in [0.1, 0.15) is 5.69 Å². The summed E-state index contributed by atoms with van der Waals surface area (Å²) in [6.45, 7) is 0.209. The van der Waals surface area contributed by atoms with Gasteiger partial charge in [-0.25, -0.2) is 0 Å². The minimum absolute atomic E-state index is 0.0576. The van der Waals surface area contributed by atoms with Crippen LogP contribution in [0.15, 0.2) is 12.1 Å². The fraction of sp³-hybridized carbons (Fsp3) is 0.562. The van der Waals surface area contributed by atoms with Crippen LogP contribution in [0, 0.1) is 0 Å². The Hall–Kier alpha value is -2.53. The van der Waals surface area contributed by atoms with Crippen molar-refractivity contribution in [2.75, 3.05) is 6.54 Å². The zero-order valence-electron chi connectivity index (χ0n) is 14.7. The Morgan fingerprint density at radius 2 is 1.82 bits per heavy atom. The van der Waals surface area contributed by atoms with Gasteiger partial charge in [-0.05, 0) is 25.3 Å². The summed E-state index contributed by atoms with van der Waals surface area (Å²) in [5, 5.41) is 9.55. The van der Waals surface area contributed by atoms with Crippen LogP contribution >= 0.6 is 0 Å². The zero-order valence-corrected chi connectivity index (χ0v) is 14.7. The number of nitrogens with one attached hydrogen (secondary N) is 1. The molecule has 0 aromatic carbocycles. The second-order valence-corrected chi connectivity index (χ2v) is 6.60. The minimum atomic E-state index is -4.63. The molecule has 2 aromatic heterocycles. The molecular weight excluding hydrogens is 392 g/mol. The van der Waals surface area contributed by atoms with Gasteiger partial charge in [-0.2, -0.15) is 36.5 Å². The third-order valence-corrected chi connectivity index (χ3v) is 4.33. The molecule has 1 N–H and O–H groups in total. The molecule has 1 fully saturated rings. The average molecular weight is 409 g/mol. The number of aryl methyl sites for hydroxylation is 2. The number of halogens is 6. The molecule has 2 aromatic rings. The van der Waals surface area contributed by atoms with Gasteiger partial charge in [0.05, 0.1) is 0 Å². The van der Waals surface area contributed by atoms with Crippen molar-refractivity contribution in [1.82, 2.24) is 24.9 Å². The van der Waals surface area contributed by atoms with E-state index in [2.05, 4.69) is 15.5 Å². The first-order chi connectivity index (χ1) is 13.0. The Bertz CT molecular complexity index is 862. The summed E-state index contributed by atoms with van der Waals surface area (Å²) >= 11 is 0. The summed E-state index contributed by atoms with van der Waals surface area (Å²) in [5.41, 5.74) is -1.88. The largest absolute Gasteiger partial charge is 0.435 e. The maximum Gasteiger partial charge on any atom is 0.435 e. The number of hydrogen-bond donors (Lipinski definition) is 1. The van der Waals surface area contributed by atoms with E-state index in [1.807, 2.05) is 0 Å². The van der Waals surface area contributed by atoms with Crippen LogP contribution < -0.4 is 5.32 Å². The number of carbonyl (C=O) groups excluding carboxylic acids is 1. The predicted molar refractivity (Wildman–Crippen MR) is 84.4 cm³/mol. The van der Waals surface area contributed by atoms with E-state index in [1.165, 1.54) is 4.68 Å². The van der Waals surface area contributed by atoms with Gasteiger partial charge in [-0.15, -0.1) is 0 Å². The molecule has 12 heteroatoms. The summed E-state index contributed by atoms with van der Waals surface area (Å²) in [5.74, 6) is -0.725. The molecular formula is C16H17F6N5O. The molecule has 1 saturated carbocycles. The standard InChI is InChI=1S/C16H17F6N5O/c1-26-13(16(20,21)22)7-10(24-26)14(28)23-5-2-6-27-11(9-3-4-9)8-12(25-27)15(17,18)19/h7-9H,2-6H2,1H3,(H,23,28). The predicted octanol–water partition coefficient (Wildman–Crippen LogP) is 3.35. The molecule has 154 valence electrons. The molecule has 0 unspecified atom stereocenters. The number of rotatable bonds is 6. The van der Waals surface area contributed by atoms with E-state index >= 15 is 0 Å². The van der Waals surface area contributed by atoms with Gasteiger partial charge in [0.25, 0.3) is 5.91 Å². The minimum Gasteiger partial charge on any atom is -0.351 e. The molecule has 0 bridgehead atoms. The van der Waals surface area contributed by atoms with Crippen molar-refractivity contribution in [2.24, 2.45) is 7.05 Å². The van der Waals surface area contributed by atoms with Gasteiger partial charge in [0.15, 0.2) is 11.4 Å². The zero-order chi connectivity index (χ0) is 20.7. The van der Waals surface area contributed by atoms with Crippen LogP contribution in [0.1, 0.15) is 52.8 Å². The van der Waals surface area contributed by atoms with E-state index < -0.39 is 29.6 Å². The second-order valence-electron chi connectivity index (χ2n) is 6.60. The fourth-order valence-corrected chi connectivity index (χ4v) is 2.82. The Morgan fingerprint density at radius 1 is 1.14 bits per heavy atom. The Labute approximate surface area is 155 Å². The van der Waals surface area contributed by atoms with Crippen LogP contribution in [0.4, 0.5) is 26.3 Å². The highest BCUT2D eigenvalue weighted by Gasteiger charge is 2.38. The molecule has 0 spiro atoms. The van der Waals surface area contributed by atoms with E-state index in [4.69, 9.17) is 0 Å². The second kappa shape index (κ2) is 7.13. The summed E-state index contributed by atoms with van der Waals surface area (Å²) in [7, 11) is 1.08. The van der Waals surface area contributed by atoms with Crippen molar-refractivity contribution in [2.45, 2.75) is 44.1 Å². The van der Waals surface area contributed by atoms with E-state index in [0.717, 1.165) is 26.0 Å². The molecule has 28 heavy (non-hydrogen) atoms. The molecule has 1 aliphatic carbocycles. The van der Waals surface area contributed by atoms with E-state index in [9.17, 15) is 31.1 Å². The Balaban J connectivity index is 1.56. The normalized spacial score (nSPS) is 15.1. The highest BCUT2D eigenvalue weighted by Crippen LogP contribution is 2.42. The van der Waals surface area contributed by atoms with Crippen molar-refractivity contribution in [3.05, 3.63) is 34.9 Å². The molecule has 1 aliphatic rings. The van der Waals surface area contributed by atoms with Gasteiger partial charge in [-0.1, -0.05) is 0 Å². The quantitative estimate of drug-likeness (QED) is 0.588. The first-order valence-electron chi connectivity index (χ1n) is 8.51. The van der Waals surface area contributed by atoms with Gasteiger partial charge in [0, 0.05) is 37.8 Å². The number of carbonyl (C=O) groups is 1. The molecule has 3 rings (SSSR count). The van der Waals surface area contributed by atoms with Crippen LogP contribution in [0.2, 0.25) is 0 Å². The average Bonchev–Trinajstić information content (AvgIpc) is 3.18. The van der Waals surface area contributed by atoms with Gasteiger partial charge < -0.3 is 5.32 Å². The first kappa shape index (κ1) is 20.2. The third-order valence-electron chi connectivity index (χ3n) is 4.33. The van der Waals surface area contributed by atoms with Crippen LogP contribution in [0.5, 0.6) is 0 Å². The van der Waals surface area contributed by atoms with Crippen molar-refractivity contribution in [3.63, 3.8) is 0 Å². The number of amides is 1. The molecule has 0 atom stereocenters. The lowest BCUT2D eigenvalue weighted by Crippen LogP contribution is -2.26.